The third-order valence-electron chi connectivity index (χ3n) is 3.62. The van der Waals surface area contributed by atoms with Crippen LogP contribution in [-0.2, 0) is 18.9 Å². The number of benzene rings is 1. The molecule has 1 aromatic heterocycles. The molecule has 2 rings (SSSR count). The average Bonchev–Trinajstić information content (AvgIpc) is 2.55. The quantitative estimate of drug-likeness (QED) is 0.853. The predicted octanol–water partition coefficient (Wildman–Crippen LogP) is 1.11. The molecule has 1 N–H and O–H groups in total. The van der Waals surface area contributed by atoms with E-state index in [2.05, 4.69) is 5.32 Å². The molecular formula is C17H18FN3O3. The molecule has 6 nitrogen and oxygen atoms in total. The van der Waals surface area contributed by atoms with Gasteiger partial charge in [-0.05, 0) is 30.7 Å². The van der Waals surface area contributed by atoms with Crippen LogP contribution >= 0.6 is 0 Å². The van der Waals surface area contributed by atoms with Crippen molar-refractivity contribution in [3.8, 4) is 0 Å². The molecule has 1 atom stereocenters. The number of hydrogen-bond donors (Lipinski definition) is 1. The van der Waals surface area contributed by atoms with E-state index in [9.17, 15) is 18.8 Å². The van der Waals surface area contributed by atoms with Crippen LogP contribution in [0.5, 0.6) is 0 Å². The molecule has 0 saturated carbocycles. The molecule has 2 aromatic rings. The number of carbonyl (C=O) groups is 1. The van der Waals surface area contributed by atoms with Gasteiger partial charge in [0.15, 0.2) is 0 Å². The minimum absolute atomic E-state index is 0.226. The Balaban J connectivity index is 2.12. The van der Waals surface area contributed by atoms with E-state index < -0.39 is 17.2 Å². The summed E-state index contributed by atoms with van der Waals surface area (Å²) >= 11 is 0. The van der Waals surface area contributed by atoms with E-state index in [1.54, 1.807) is 19.1 Å². The van der Waals surface area contributed by atoms with Gasteiger partial charge in [-0.3, -0.25) is 14.2 Å². The van der Waals surface area contributed by atoms with E-state index in [0.29, 0.717) is 0 Å². The fourth-order valence-electron chi connectivity index (χ4n) is 2.21. The predicted molar refractivity (Wildman–Crippen MR) is 88.9 cm³/mol. The first kappa shape index (κ1) is 17.4. The van der Waals surface area contributed by atoms with Crippen molar-refractivity contribution in [2.45, 2.75) is 13.0 Å². The van der Waals surface area contributed by atoms with Gasteiger partial charge in [-0.15, -0.1) is 0 Å². The fraction of sp³-hybridized carbons (Fsp3) is 0.235. The number of hydrogen-bond acceptors (Lipinski definition) is 3. The first-order chi connectivity index (χ1) is 11.3. The zero-order valence-electron chi connectivity index (χ0n) is 13.6. The van der Waals surface area contributed by atoms with E-state index in [1.165, 1.54) is 49.1 Å². The third kappa shape index (κ3) is 3.87. The highest BCUT2D eigenvalue weighted by molar-refractivity contribution is 5.91. The normalized spacial score (nSPS) is 12.3. The maximum atomic E-state index is 12.9. The molecule has 0 radical (unpaired) electrons. The van der Waals surface area contributed by atoms with Gasteiger partial charge in [0.1, 0.15) is 5.82 Å². The van der Waals surface area contributed by atoms with E-state index in [-0.39, 0.29) is 17.4 Å². The standard InChI is InChI=1S/C17H18FN3O3/c1-11(12-4-7-14(18)8-5-12)19-15(22)9-6-13-10-20(2)17(24)21(3)16(13)23/h4-11H,1-3H3,(H,19,22)/b9-6+. The minimum atomic E-state index is -0.478. The summed E-state index contributed by atoms with van der Waals surface area (Å²) in [4.78, 5) is 35.5. The molecule has 1 amide bonds. The molecule has 24 heavy (non-hydrogen) atoms. The van der Waals surface area contributed by atoms with Crippen molar-refractivity contribution < 1.29 is 9.18 Å². The van der Waals surface area contributed by atoms with Crippen LogP contribution in [0.4, 0.5) is 4.39 Å². The minimum Gasteiger partial charge on any atom is -0.346 e. The maximum Gasteiger partial charge on any atom is 0.330 e. The van der Waals surface area contributed by atoms with Crippen molar-refractivity contribution in [3.05, 3.63) is 74.3 Å². The van der Waals surface area contributed by atoms with Crippen LogP contribution in [-0.4, -0.2) is 15.0 Å². The van der Waals surface area contributed by atoms with Crippen LogP contribution in [0.25, 0.3) is 6.08 Å². The number of nitrogens with zero attached hydrogens (tertiary/aromatic N) is 2. The summed E-state index contributed by atoms with van der Waals surface area (Å²) in [6, 6.07) is 5.51. The zero-order valence-corrected chi connectivity index (χ0v) is 13.6. The SMILES string of the molecule is CC(NC(=O)/C=C/c1cn(C)c(=O)n(C)c1=O)c1ccc(F)cc1. The second-order valence-electron chi connectivity index (χ2n) is 5.46. The molecule has 1 unspecified atom stereocenters. The van der Waals surface area contributed by atoms with E-state index in [1.807, 2.05) is 0 Å². The summed E-state index contributed by atoms with van der Waals surface area (Å²) < 4.78 is 15.1. The Morgan fingerprint density at radius 1 is 1.21 bits per heavy atom. The van der Waals surface area contributed by atoms with Gasteiger partial charge in [-0.1, -0.05) is 12.1 Å². The fourth-order valence-corrected chi connectivity index (χ4v) is 2.21. The van der Waals surface area contributed by atoms with Gasteiger partial charge >= 0.3 is 5.69 Å². The smallest absolute Gasteiger partial charge is 0.330 e. The largest absolute Gasteiger partial charge is 0.346 e. The summed E-state index contributed by atoms with van der Waals surface area (Å²) in [5, 5.41) is 2.72. The summed E-state index contributed by atoms with van der Waals surface area (Å²) in [6.45, 7) is 1.77. The Bertz CT molecular complexity index is 895. The molecule has 0 aliphatic rings. The number of amides is 1. The van der Waals surface area contributed by atoms with Crippen molar-refractivity contribution in [1.82, 2.24) is 14.5 Å². The summed E-state index contributed by atoms with van der Waals surface area (Å²) in [7, 11) is 2.90. The van der Waals surface area contributed by atoms with Crippen molar-refractivity contribution in [1.29, 1.82) is 0 Å². The lowest BCUT2D eigenvalue weighted by molar-refractivity contribution is -0.117. The molecule has 0 aliphatic heterocycles. The van der Waals surface area contributed by atoms with E-state index >= 15 is 0 Å². The van der Waals surface area contributed by atoms with Gasteiger partial charge in [0.2, 0.25) is 5.91 Å². The molecular weight excluding hydrogens is 313 g/mol. The number of halogens is 1. The average molecular weight is 331 g/mol. The highest BCUT2D eigenvalue weighted by Gasteiger charge is 2.08. The Hall–Kier alpha value is -2.96. The molecule has 0 aliphatic carbocycles. The lowest BCUT2D eigenvalue weighted by atomic mass is 10.1. The summed E-state index contributed by atoms with van der Waals surface area (Å²) in [5.74, 6) is -0.745. The number of carbonyl (C=O) groups excluding carboxylic acids is 1. The van der Waals surface area contributed by atoms with Gasteiger partial charge in [0.25, 0.3) is 5.56 Å². The Morgan fingerprint density at radius 2 is 1.83 bits per heavy atom. The van der Waals surface area contributed by atoms with Gasteiger partial charge in [-0.25, -0.2) is 9.18 Å². The second-order valence-corrected chi connectivity index (χ2v) is 5.46. The molecule has 126 valence electrons. The van der Waals surface area contributed by atoms with Gasteiger partial charge < -0.3 is 9.88 Å². The lowest BCUT2D eigenvalue weighted by Gasteiger charge is -2.12. The molecule has 0 fully saturated rings. The molecule has 0 spiro atoms. The monoisotopic (exact) mass is 331 g/mol. The maximum absolute atomic E-state index is 12.9. The lowest BCUT2D eigenvalue weighted by Crippen LogP contribution is -2.37. The van der Waals surface area contributed by atoms with Crippen LogP contribution < -0.4 is 16.6 Å². The van der Waals surface area contributed by atoms with Crippen molar-refractivity contribution >= 4 is 12.0 Å². The zero-order chi connectivity index (χ0) is 17.9. The Kier molecular flexibility index (Phi) is 5.13. The van der Waals surface area contributed by atoms with Gasteiger partial charge in [0.05, 0.1) is 11.6 Å². The molecule has 0 bridgehead atoms. The molecule has 7 heteroatoms. The molecule has 1 aromatic carbocycles. The number of aryl methyl sites for hydroxylation is 1. The van der Waals surface area contributed by atoms with Crippen molar-refractivity contribution in [2.75, 3.05) is 0 Å². The van der Waals surface area contributed by atoms with Gasteiger partial charge in [-0.2, -0.15) is 0 Å². The summed E-state index contributed by atoms with van der Waals surface area (Å²) in [5.41, 5.74) is 0.0700. The summed E-state index contributed by atoms with van der Waals surface area (Å²) in [6.07, 6.45) is 3.95. The Morgan fingerprint density at radius 3 is 2.46 bits per heavy atom. The number of nitrogens with one attached hydrogen (secondary N) is 1. The third-order valence-corrected chi connectivity index (χ3v) is 3.62. The first-order valence-electron chi connectivity index (χ1n) is 7.30. The first-order valence-corrected chi connectivity index (χ1v) is 7.30. The van der Waals surface area contributed by atoms with E-state index in [0.717, 1.165) is 10.1 Å². The van der Waals surface area contributed by atoms with Crippen LogP contribution in [0.2, 0.25) is 0 Å². The molecule has 0 saturated heterocycles. The van der Waals surface area contributed by atoms with Crippen LogP contribution in [0, 0.1) is 5.82 Å². The highest BCUT2D eigenvalue weighted by atomic mass is 19.1. The van der Waals surface area contributed by atoms with Gasteiger partial charge in [0, 0.05) is 26.4 Å². The van der Waals surface area contributed by atoms with Crippen molar-refractivity contribution in [3.63, 3.8) is 0 Å². The second kappa shape index (κ2) is 7.08. The topological polar surface area (TPSA) is 73.1 Å². The van der Waals surface area contributed by atoms with E-state index in [4.69, 9.17) is 0 Å². The van der Waals surface area contributed by atoms with Crippen LogP contribution in [0.1, 0.15) is 24.1 Å². The highest BCUT2D eigenvalue weighted by Crippen LogP contribution is 2.12. The van der Waals surface area contributed by atoms with Crippen LogP contribution in [0.15, 0.2) is 46.1 Å². The Labute approximate surface area is 137 Å². The number of aromatic nitrogens is 2. The molecule has 1 heterocycles. The van der Waals surface area contributed by atoms with Crippen LogP contribution in [0.3, 0.4) is 0 Å². The number of rotatable bonds is 4. The van der Waals surface area contributed by atoms with Crippen molar-refractivity contribution in [2.24, 2.45) is 14.1 Å².